The number of halogens is 5. The molecule has 1 aliphatic heterocycles. The van der Waals surface area contributed by atoms with Crippen LogP contribution in [0.2, 0.25) is 5.02 Å². The summed E-state index contributed by atoms with van der Waals surface area (Å²) in [7, 11) is 0. The first-order valence-corrected chi connectivity index (χ1v) is 11.6. The number of nitrogens with one attached hydrogen (secondary N) is 1. The minimum atomic E-state index is -3.36. The maximum Gasteiger partial charge on any atom is 0.387 e. The van der Waals surface area contributed by atoms with Crippen molar-refractivity contribution in [1.82, 2.24) is 5.32 Å². The molecule has 1 unspecified atom stereocenters. The molecule has 1 heterocycles. The summed E-state index contributed by atoms with van der Waals surface area (Å²) in [6, 6.07) is 11.5. The standard InChI is InChI=1S/C26H23ClF4N2O4/c1-13(11-34)33-12-26(14-5-3-2-4-6-14)10-16-19(37-26)9-17(28)22(27)20(16)21-15(24(32)35)7-8-18(23(21)29)36-25(30)31/h2-9,13,25,33-34H,10-12H2,1H3,(H2,32,35)/t13-,26?/m0/s1. The van der Waals surface area contributed by atoms with Crippen LogP contribution < -0.4 is 20.5 Å². The van der Waals surface area contributed by atoms with Crippen molar-refractivity contribution in [3.8, 4) is 22.6 Å². The second-order valence-corrected chi connectivity index (χ2v) is 9.05. The van der Waals surface area contributed by atoms with Gasteiger partial charge in [0.15, 0.2) is 17.2 Å². The summed E-state index contributed by atoms with van der Waals surface area (Å²) in [6.07, 6.45) is 0.0321. The number of benzene rings is 3. The molecule has 0 saturated carbocycles. The van der Waals surface area contributed by atoms with Crippen LogP contribution in [-0.4, -0.2) is 36.8 Å². The highest BCUT2D eigenvalue weighted by Crippen LogP contribution is 2.50. The predicted octanol–water partition coefficient (Wildman–Crippen LogP) is 4.79. The van der Waals surface area contributed by atoms with Crippen molar-refractivity contribution in [3.63, 3.8) is 0 Å². The first kappa shape index (κ1) is 26.7. The highest BCUT2D eigenvalue weighted by molar-refractivity contribution is 6.34. The van der Waals surface area contributed by atoms with Crippen molar-refractivity contribution in [2.45, 2.75) is 31.6 Å². The second kappa shape index (κ2) is 10.6. The Hall–Kier alpha value is -3.34. The van der Waals surface area contributed by atoms with Crippen LogP contribution >= 0.6 is 11.6 Å². The maximum atomic E-state index is 15.6. The Morgan fingerprint density at radius 3 is 2.54 bits per heavy atom. The van der Waals surface area contributed by atoms with E-state index in [-0.39, 0.29) is 42.5 Å². The van der Waals surface area contributed by atoms with Gasteiger partial charge in [-0.25, -0.2) is 8.78 Å². The van der Waals surface area contributed by atoms with Crippen LogP contribution in [0.3, 0.4) is 0 Å². The Balaban J connectivity index is 1.94. The van der Waals surface area contributed by atoms with Crippen LogP contribution in [0, 0.1) is 11.6 Å². The number of fused-ring (bicyclic) bond motifs is 1. The molecule has 0 aliphatic carbocycles. The molecule has 0 bridgehead atoms. The number of aliphatic hydroxyl groups is 1. The van der Waals surface area contributed by atoms with Crippen LogP contribution in [0.1, 0.15) is 28.4 Å². The molecule has 2 atom stereocenters. The third-order valence-corrected chi connectivity index (χ3v) is 6.57. The molecule has 0 saturated heterocycles. The van der Waals surface area contributed by atoms with Crippen LogP contribution in [-0.2, 0) is 12.0 Å². The summed E-state index contributed by atoms with van der Waals surface area (Å²) in [5, 5.41) is 12.1. The van der Waals surface area contributed by atoms with Crippen LogP contribution in [0.5, 0.6) is 11.5 Å². The monoisotopic (exact) mass is 538 g/mol. The van der Waals surface area contributed by atoms with E-state index >= 15 is 8.78 Å². The van der Waals surface area contributed by atoms with Gasteiger partial charge in [-0.1, -0.05) is 41.9 Å². The molecule has 1 aliphatic rings. The number of hydrogen-bond acceptors (Lipinski definition) is 5. The molecule has 3 aromatic rings. The lowest BCUT2D eigenvalue weighted by Crippen LogP contribution is -2.45. The molecule has 0 spiro atoms. The fraction of sp³-hybridized carbons (Fsp3) is 0.269. The molecule has 6 nitrogen and oxygen atoms in total. The van der Waals surface area contributed by atoms with E-state index < -0.39 is 51.7 Å². The summed E-state index contributed by atoms with van der Waals surface area (Å²) in [5.74, 6) is -4.26. The zero-order valence-corrected chi connectivity index (χ0v) is 20.3. The van der Waals surface area contributed by atoms with Crippen LogP contribution in [0.15, 0.2) is 48.5 Å². The van der Waals surface area contributed by atoms with E-state index in [4.69, 9.17) is 22.1 Å². The number of amides is 1. The van der Waals surface area contributed by atoms with Crippen molar-refractivity contribution >= 4 is 17.5 Å². The Morgan fingerprint density at radius 1 is 1.22 bits per heavy atom. The van der Waals surface area contributed by atoms with Gasteiger partial charge in [-0.15, -0.1) is 0 Å². The number of alkyl halides is 2. The average molecular weight is 539 g/mol. The number of rotatable bonds is 9. The Bertz CT molecular complexity index is 1330. The van der Waals surface area contributed by atoms with E-state index in [1.165, 1.54) is 0 Å². The molecule has 37 heavy (non-hydrogen) atoms. The lowest BCUT2D eigenvalue weighted by atomic mass is 9.85. The number of carbonyl (C=O) groups is 1. The summed E-state index contributed by atoms with van der Waals surface area (Å²) in [4.78, 5) is 12.2. The Kier molecular flexibility index (Phi) is 7.63. The number of aliphatic hydroxyl groups excluding tert-OH is 1. The van der Waals surface area contributed by atoms with E-state index in [9.17, 15) is 18.7 Å². The summed E-state index contributed by atoms with van der Waals surface area (Å²) >= 11 is 6.32. The number of carbonyl (C=O) groups excluding carboxylic acids is 1. The normalized spacial score (nSPS) is 17.4. The average Bonchev–Trinajstić information content (AvgIpc) is 3.24. The third kappa shape index (κ3) is 5.09. The zero-order valence-electron chi connectivity index (χ0n) is 19.5. The van der Waals surface area contributed by atoms with E-state index in [2.05, 4.69) is 10.1 Å². The van der Waals surface area contributed by atoms with Gasteiger partial charge in [0.1, 0.15) is 11.6 Å². The van der Waals surface area contributed by atoms with Gasteiger partial charge in [-0.3, -0.25) is 4.79 Å². The van der Waals surface area contributed by atoms with Crippen molar-refractivity contribution in [3.05, 3.63) is 81.9 Å². The van der Waals surface area contributed by atoms with Gasteiger partial charge in [-0.05, 0) is 24.6 Å². The molecule has 0 aromatic heterocycles. The highest BCUT2D eigenvalue weighted by atomic mass is 35.5. The van der Waals surface area contributed by atoms with Crippen molar-refractivity contribution in [1.29, 1.82) is 0 Å². The zero-order chi connectivity index (χ0) is 26.9. The number of primary amides is 1. The molecule has 0 fully saturated rings. The maximum absolute atomic E-state index is 15.6. The lowest BCUT2D eigenvalue weighted by molar-refractivity contribution is -0.0521. The second-order valence-electron chi connectivity index (χ2n) is 8.67. The largest absolute Gasteiger partial charge is 0.480 e. The van der Waals surface area contributed by atoms with Gasteiger partial charge >= 0.3 is 6.61 Å². The fourth-order valence-electron chi connectivity index (χ4n) is 4.40. The number of ether oxygens (including phenoxy) is 2. The summed E-state index contributed by atoms with van der Waals surface area (Å²) in [6.45, 7) is -1.60. The first-order chi connectivity index (χ1) is 17.6. The van der Waals surface area contributed by atoms with Gasteiger partial charge in [0.2, 0.25) is 5.91 Å². The SMILES string of the molecule is C[C@@H](CO)NCC1(c2ccccc2)Cc2c(cc(F)c(Cl)c2-c2c(C(N)=O)ccc(OC(F)F)c2F)O1. The molecule has 11 heteroatoms. The van der Waals surface area contributed by atoms with Crippen LogP contribution in [0.25, 0.3) is 11.1 Å². The van der Waals surface area contributed by atoms with E-state index in [0.29, 0.717) is 5.56 Å². The van der Waals surface area contributed by atoms with Gasteiger partial charge in [0.05, 0.1) is 17.2 Å². The quantitative estimate of drug-likeness (QED) is 0.341. The van der Waals surface area contributed by atoms with Gasteiger partial charge in [-0.2, -0.15) is 8.78 Å². The molecular formula is C26H23ClF4N2O4. The minimum Gasteiger partial charge on any atom is -0.480 e. The van der Waals surface area contributed by atoms with E-state index in [0.717, 1.165) is 18.2 Å². The Labute approximate surface area is 214 Å². The van der Waals surface area contributed by atoms with Crippen molar-refractivity contribution in [2.24, 2.45) is 5.73 Å². The number of hydrogen-bond donors (Lipinski definition) is 3. The molecule has 0 radical (unpaired) electrons. The number of nitrogens with two attached hydrogens (primary N) is 1. The molecule has 196 valence electrons. The van der Waals surface area contributed by atoms with Gasteiger partial charge in [0, 0.05) is 41.8 Å². The van der Waals surface area contributed by atoms with Gasteiger partial charge < -0.3 is 25.6 Å². The predicted molar refractivity (Wildman–Crippen MR) is 129 cm³/mol. The first-order valence-electron chi connectivity index (χ1n) is 11.2. The summed E-state index contributed by atoms with van der Waals surface area (Å²) < 4.78 is 67.0. The topological polar surface area (TPSA) is 93.8 Å². The molecule has 4 N–H and O–H groups in total. The third-order valence-electron chi connectivity index (χ3n) is 6.20. The van der Waals surface area contributed by atoms with Gasteiger partial charge in [0.25, 0.3) is 0 Å². The molecule has 3 aromatic carbocycles. The van der Waals surface area contributed by atoms with E-state index in [1.54, 1.807) is 37.3 Å². The minimum absolute atomic E-state index is 0.0224. The molecule has 4 rings (SSSR count). The highest BCUT2D eigenvalue weighted by Gasteiger charge is 2.44. The van der Waals surface area contributed by atoms with Crippen LogP contribution in [0.4, 0.5) is 17.6 Å². The van der Waals surface area contributed by atoms with Crippen molar-refractivity contribution in [2.75, 3.05) is 13.2 Å². The smallest absolute Gasteiger partial charge is 0.387 e. The van der Waals surface area contributed by atoms with Crippen molar-refractivity contribution < 1.29 is 36.9 Å². The van der Waals surface area contributed by atoms with E-state index in [1.807, 2.05) is 0 Å². The fourth-order valence-corrected chi connectivity index (χ4v) is 4.66. The summed E-state index contributed by atoms with van der Waals surface area (Å²) in [5.41, 5.74) is 4.01. The lowest BCUT2D eigenvalue weighted by Gasteiger charge is -2.31. The Morgan fingerprint density at radius 2 is 1.92 bits per heavy atom. The molecular weight excluding hydrogens is 516 g/mol. The molecule has 1 amide bonds.